The lowest BCUT2D eigenvalue weighted by Gasteiger charge is -2.32. The molecule has 0 heterocycles. The highest BCUT2D eigenvalue weighted by Gasteiger charge is 2.23. The summed E-state index contributed by atoms with van der Waals surface area (Å²) in [4.78, 5) is 46.7. The van der Waals surface area contributed by atoms with Crippen molar-refractivity contribution >= 4 is 23.8 Å². The fourth-order valence-corrected chi connectivity index (χ4v) is 1.46. The van der Waals surface area contributed by atoms with Crippen molar-refractivity contribution in [1.29, 1.82) is 0 Å². The van der Waals surface area contributed by atoms with Crippen molar-refractivity contribution in [2.75, 3.05) is 14.1 Å². The third-order valence-electron chi connectivity index (χ3n) is 3.01. The van der Waals surface area contributed by atoms with Crippen molar-refractivity contribution in [2.45, 2.75) is 38.8 Å². The van der Waals surface area contributed by atoms with Crippen LogP contribution in [0.3, 0.4) is 0 Å². The van der Waals surface area contributed by atoms with Crippen molar-refractivity contribution in [3.05, 3.63) is 0 Å². The van der Waals surface area contributed by atoms with Gasteiger partial charge in [0.2, 0.25) is 11.8 Å². The average molecular weight is 288 g/mol. The van der Waals surface area contributed by atoms with Gasteiger partial charge >= 0.3 is 11.9 Å². The number of carbonyl (C=O) groups is 4. The molecule has 0 aromatic heterocycles. The van der Waals surface area contributed by atoms with Crippen LogP contribution in [0.1, 0.15) is 32.6 Å². The number of carboxylic acids is 2. The Balaban J connectivity index is 4.43. The topological polar surface area (TPSA) is 115 Å². The van der Waals surface area contributed by atoms with Gasteiger partial charge in [0.25, 0.3) is 0 Å². The van der Waals surface area contributed by atoms with Gasteiger partial charge in [0.1, 0.15) is 6.17 Å². The molecule has 0 spiro atoms. The van der Waals surface area contributed by atoms with E-state index in [9.17, 15) is 19.2 Å². The quantitative estimate of drug-likeness (QED) is 0.606. The van der Waals surface area contributed by atoms with E-state index in [2.05, 4.69) is 0 Å². The third-order valence-corrected chi connectivity index (χ3v) is 3.01. The van der Waals surface area contributed by atoms with Gasteiger partial charge in [-0.2, -0.15) is 0 Å². The van der Waals surface area contributed by atoms with E-state index >= 15 is 0 Å². The van der Waals surface area contributed by atoms with Gasteiger partial charge < -0.3 is 20.0 Å². The molecule has 0 unspecified atom stereocenters. The second kappa shape index (κ2) is 8.13. The fraction of sp³-hybridized carbons (Fsp3) is 0.667. The minimum absolute atomic E-state index is 0.146. The fourth-order valence-electron chi connectivity index (χ4n) is 1.46. The molecule has 0 saturated carbocycles. The van der Waals surface area contributed by atoms with Crippen molar-refractivity contribution < 1.29 is 29.4 Å². The summed E-state index contributed by atoms with van der Waals surface area (Å²) in [5.41, 5.74) is 0. The summed E-state index contributed by atoms with van der Waals surface area (Å²) in [6.07, 6.45) is -1.41. The van der Waals surface area contributed by atoms with E-state index in [1.165, 1.54) is 23.9 Å². The van der Waals surface area contributed by atoms with Crippen LogP contribution in [0, 0.1) is 0 Å². The molecule has 2 amide bonds. The van der Waals surface area contributed by atoms with Crippen LogP contribution in [-0.2, 0) is 19.2 Å². The lowest BCUT2D eigenvalue weighted by atomic mass is 10.2. The van der Waals surface area contributed by atoms with Crippen LogP contribution < -0.4 is 0 Å². The summed E-state index contributed by atoms with van der Waals surface area (Å²) >= 11 is 0. The van der Waals surface area contributed by atoms with Crippen LogP contribution >= 0.6 is 0 Å². The number of aliphatic carboxylic acids is 2. The molecule has 0 fully saturated rings. The number of amides is 2. The first-order valence-corrected chi connectivity index (χ1v) is 6.11. The van der Waals surface area contributed by atoms with Crippen molar-refractivity contribution in [2.24, 2.45) is 0 Å². The molecule has 0 aliphatic heterocycles. The molecule has 0 rings (SSSR count). The van der Waals surface area contributed by atoms with Gasteiger partial charge in [-0.05, 0) is 6.92 Å². The van der Waals surface area contributed by atoms with Gasteiger partial charge in [-0.15, -0.1) is 0 Å². The molecule has 0 atom stereocenters. The van der Waals surface area contributed by atoms with E-state index in [0.29, 0.717) is 0 Å². The Morgan fingerprint density at radius 1 is 0.800 bits per heavy atom. The third kappa shape index (κ3) is 6.17. The molecule has 114 valence electrons. The predicted molar refractivity (Wildman–Crippen MR) is 68.7 cm³/mol. The Morgan fingerprint density at radius 2 is 1.10 bits per heavy atom. The van der Waals surface area contributed by atoms with Gasteiger partial charge in [0, 0.05) is 26.9 Å². The first kappa shape index (κ1) is 17.9. The van der Waals surface area contributed by atoms with Gasteiger partial charge in [0.05, 0.1) is 12.8 Å². The molecule has 8 heteroatoms. The number of carboxylic acid groups (broad SMARTS) is 2. The van der Waals surface area contributed by atoms with Gasteiger partial charge in [0.15, 0.2) is 0 Å². The van der Waals surface area contributed by atoms with E-state index in [-0.39, 0.29) is 25.7 Å². The Kier molecular flexibility index (Phi) is 7.27. The summed E-state index contributed by atoms with van der Waals surface area (Å²) in [7, 11) is 2.94. The molecule has 0 radical (unpaired) electrons. The molecule has 8 nitrogen and oxygen atoms in total. The summed E-state index contributed by atoms with van der Waals surface area (Å²) < 4.78 is 0. The van der Waals surface area contributed by atoms with E-state index < -0.39 is 29.9 Å². The van der Waals surface area contributed by atoms with Crippen LogP contribution in [0.4, 0.5) is 0 Å². The first-order chi connectivity index (χ1) is 9.16. The normalized spacial score (nSPS) is 10.2. The van der Waals surface area contributed by atoms with Crippen molar-refractivity contribution in [3.63, 3.8) is 0 Å². The van der Waals surface area contributed by atoms with Crippen molar-refractivity contribution in [1.82, 2.24) is 9.80 Å². The zero-order chi connectivity index (χ0) is 15.9. The molecule has 0 aromatic rings. The SMILES string of the molecule is CC(N(C)C(=O)CCC(=O)O)N(C)C(=O)CCC(=O)O. The maximum Gasteiger partial charge on any atom is 0.303 e. The summed E-state index contributed by atoms with van der Waals surface area (Å²) in [6.45, 7) is 1.61. The van der Waals surface area contributed by atoms with Crippen LogP contribution in [-0.4, -0.2) is 64.0 Å². The molecule has 0 saturated heterocycles. The zero-order valence-electron chi connectivity index (χ0n) is 11.8. The molecule has 0 aliphatic rings. The first-order valence-electron chi connectivity index (χ1n) is 6.11. The molecule has 0 aromatic carbocycles. The second-order valence-corrected chi connectivity index (χ2v) is 4.43. The average Bonchev–Trinajstić information content (AvgIpc) is 2.39. The van der Waals surface area contributed by atoms with Gasteiger partial charge in [-0.3, -0.25) is 19.2 Å². The highest BCUT2D eigenvalue weighted by molar-refractivity contribution is 5.83. The molecular weight excluding hydrogens is 268 g/mol. The van der Waals surface area contributed by atoms with Crippen LogP contribution in [0.2, 0.25) is 0 Å². The van der Waals surface area contributed by atoms with Gasteiger partial charge in [-0.25, -0.2) is 0 Å². The number of hydrogen-bond donors (Lipinski definition) is 2. The largest absolute Gasteiger partial charge is 0.481 e. The molecule has 2 N–H and O–H groups in total. The van der Waals surface area contributed by atoms with Crippen LogP contribution in [0.5, 0.6) is 0 Å². The van der Waals surface area contributed by atoms with E-state index in [0.717, 1.165) is 0 Å². The standard InChI is InChI=1S/C12H20N2O6/c1-8(13(2)9(15)4-6-11(17)18)14(3)10(16)5-7-12(19)20/h8H,4-7H2,1-3H3,(H,17,18)(H,19,20). The van der Waals surface area contributed by atoms with Crippen molar-refractivity contribution in [3.8, 4) is 0 Å². The number of carbonyl (C=O) groups excluding carboxylic acids is 2. The molecule has 20 heavy (non-hydrogen) atoms. The summed E-state index contributed by atoms with van der Waals surface area (Å²) in [5.74, 6) is -2.91. The molecule has 0 bridgehead atoms. The highest BCUT2D eigenvalue weighted by Crippen LogP contribution is 2.07. The van der Waals surface area contributed by atoms with E-state index in [1.54, 1.807) is 6.92 Å². The number of rotatable bonds is 8. The minimum Gasteiger partial charge on any atom is -0.481 e. The monoisotopic (exact) mass is 288 g/mol. The maximum atomic E-state index is 11.7. The Bertz CT molecular complexity index is 359. The van der Waals surface area contributed by atoms with Crippen LogP contribution in [0.25, 0.3) is 0 Å². The number of hydrogen-bond acceptors (Lipinski definition) is 4. The van der Waals surface area contributed by atoms with E-state index in [4.69, 9.17) is 10.2 Å². The zero-order valence-corrected chi connectivity index (χ0v) is 11.8. The van der Waals surface area contributed by atoms with Crippen LogP contribution in [0.15, 0.2) is 0 Å². The lowest BCUT2D eigenvalue weighted by molar-refractivity contribution is -0.147. The Hall–Kier alpha value is -2.12. The van der Waals surface area contributed by atoms with Gasteiger partial charge in [-0.1, -0.05) is 0 Å². The predicted octanol–water partition coefficient (Wildman–Crippen LogP) is -0.0212. The Morgan fingerprint density at radius 3 is 1.35 bits per heavy atom. The number of nitrogens with zero attached hydrogens (tertiary/aromatic N) is 2. The lowest BCUT2D eigenvalue weighted by Crippen LogP contribution is -2.48. The highest BCUT2D eigenvalue weighted by atomic mass is 16.4. The summed E-state index contributed by atoms with van der Waals surface area (Å²) in [5, 5.41) is 17.0. The maximum absolute atomic E-state index is 11.7. The summed E-state index contributed by atoms with van der Waals surface area (Å²) in [6, 6.07) is 0. The van der Waals surface area contributed by atoms with E-state index in [1.807, 2.05) is 0 Å². The smallest absolute Gasteiger partial charge is 0.303 e. The molecule has 0 aliphatic carbocycles. The second-order valence-electron chi connectivity index (χ2n) is 4.43. The minimum atomic E-state index is -1.06. The molecular formula is C12H20N2O6. The Labute approximate surface area is 117 Å².